The number of phenols is 1. The number of piperidine rings is 1. The Morgan fingerprint density at radius 2 is 2.10 bits per heavy atom. The van der Waals surface area contributed by atoms with Crippen LogP contribution in [-0.2, 0) is 4.79 Å². The molecule has 108 valence electrons. The lowest BCUT2D eigenvalue weighted by molar-refractivity contribution is -0.144. The Labute approximate surface area is 121 Å². The van der Waals surface area contributed by atoms with Crippen LogP contribution in [0.1, 0.15) is 30.1 Å². The SMILES string of the molecule is CC1CCN(C(=O)c2cc(Cl)ccc2O)C(C(=O)O)C1. The Kier molecular flexibility index (Phi) is 4.18. The fraction of sp³-hybridized carbons (Fsp3) is 0.429. The summed E-state index contributed by atoms with van der Waals surface area (Å²) in [5, 5.41) is 19.3. The maximum absolute atomic E-state index is 12.4. The summed E-state index contributed by atoms with van der Waals surface area (Å²) in [6.45, 7) is 2.33. The quantitative estimate of drug-likeness (QED) is 0.878. The molecule has 1 fully saturated rings. The van der Waals surface area contributed by atoms with Gasteiger partial charge in [0.2, 0.25) is 0 Å². The van der Waals surface area contributed by atoms with Crippen molar-refractivity contribution >= 4 is 23.5 Å². The molecule has 2 unspecified atom stereocenters. The summed E-state index contributed by atoms with van der Waals surface area (Å²) >= 11 is 5.82. The molecule has 20 heavy (non-hydrogen) atoms. The summed E-state index contributed by atoms with van der Waals surface area (Å²) in [7, 11) is 0. The molecule has 0 spiro atoms. The Balaban J connectivity index is 2.31. The van der Waals surface area contributed by atoms with Crippen molar-refractivity contribution in [3.05, 3.63) is 28.8 Å². The molecule has 1 amide bonds. The number of carbonyl (C=O) groups is 2. The normalized spacial score (nSPS) is 22.6. The zero-order chi connectivity index (χ0) is 14.9. The second-order valence-electron chi connectivity index (χ2n) is 5.14. The van der Waals surface area contributed by atoms with E-state index in [1.807, 2.05) is 6.92 Å². The number of carboxylic acid groups (broad SMARTS) is 1. The minimum Gasteiger partial charge on any atom is -0.507 e. The third-order valence-electron chi connectivity index (χ3n) is 3.60. The van der Waals surface area contributed by atoms with E-state index in [-0.39, 0.29) is 17.2 Å². The van der Waals surface area contributed by atoms with Crippen molar-refractivity contribution in [3.63, 3.8) is 0 Å². The summed E-state index contributed by atoms with van der Waals surface area (Å²) in [4.78, 5) is 25.1. The lowest BCUT2D eigenvalue weighted by atomic mass is 9.92. The van der Waals surface area contributed by atoms with Crippen LogP contribution in [-0.4, -0.2) is 39.6 Å². The number of benzene rings is 1. The van der Waals surface area contributed by atoms with Crippen LogP contribution in [0.15, 0.2) is 18.2 Å². The molecule has 0 bridgehead atoms. The van der Waals surface area contributed by atoms with Gasteiger partial charge >= 0.3 is 5.97 Å². The minimum absolute atomic E-state index is 0.0401. The molecule has 1 aromatic rings. The molecule has 2 atom stereocenters. The van der Waals surface area contributed by atoms with Crippen LogP contribution in [0, 0.1) is 5.92 Å². The monoisotopic (exact) mass is 297 g/mol. The van der Waals surface area contributed by atoms with Crippen LogP contribution in [0.25, 0.3) is 0 Å². The first-order valence-corrected chi connectivity index (χ1v) is 6.80. The van der Waals surface area contributed by atoms with Gasteiger partial charge in [0.15, 0.2) is 0 Å². The van der Waals surface area contributed by atoms with E-state index in [0.717, 1.165) is 6.42 Å². The number of aliphatic carboxylic acids is 1. The van der Waals surface area contributed by atoms with Crippen molar-refractivity contribution in [2.45, 2.75) is 25.8 Å². The predicted molar refractivity (Wildman–Crippen MR) is 74.0 cm³/mol. The van der Waals surface area contributed by atoms with Gasteiger partial charge in [-0.15, -0.1) is 0 Å². The minimum atomic E-state index is -1.02. The zero-order valence-corrected chi connectivity index (χ0v) is 11.8. The predicted octanol–water partition coefficient (Wildman–Crippen LogP) is 2.37. The molecule has 1 aliphatic heterocycles. The van der Waals surface area contributed by atoms with Gasteiger partial charge in [-0.2, -0.15) is 0 Å². The molecule has 0 saturated carbocycles. The molecule has 0 aromatic heterocycles. The van der Waals surface area contributed by atoms with Gasteiger partial charge in [0.05, 0.1) is 5.56 Å². The summed E-state index contributed by atoms with van der Waals surface area (Å²) in [5.74, 6) is -1.45. The fourth-order valence-corrected chi connectivity index (χ4v) is 2.63. The van der Waals surface area contributed by atoms with E-state index in [1.54, 1.807) is 0 Å². The number of rotatable bonds is 2. The second kappa shape index (κ2) is 5.71. The zero-order valence-electron chi connectivity index (χ0n) is 11.0. The van der Waals surface area contributed by atoms with E-state index in [0.29, 0.717) is 18.0 Å². The number of aromatic hydroxyl groups is 1. The first-order valence-electron chi connectivity index (χ1n) is 6.42. The van der Waals surface area contributed by atoms with Gasteiger partial charge in [-0.1, -0.05) is 18.5 Å². The molecule has 0 aliphatic carbocycles. The third kappa shape index (κ3) is 2.88. The van der Waals surface area contributed by atoms with E-state index in [1.165, 1.54) is 23.1 Å². The van der Waals surface area contributed by atoms with Crippen LogP contribution in [0.2, 0.25) is 5.02 Å². The first-order chi connectivity index (χ1) is 9.40. The Hall–Kier alpha value is -1.75. The number of carbonyl (C=O) groups excluding carboxylic acids is 1. The third-order valence-corrected chi connectivity index (χ3v) is 3.83. The van der Waals surface area contributed by atoms with E-state index < -0.39 is 17.9 Å². The van der Waals surface area contributed by atoms with Crippen molar-refractivity contribution in [2.24, 2.45) is 5.92 Å². The van der Waals surface area contributed by atoms with Crippen LogP contribution in [0.4, 0.5) is 0 Å². The summed E-state index contributed by atoms with van der Waals surface area (Å²) in [6.07, 6.45) is 1.17. The van der Waals surface area contributed by atoms with Gasteiger partial charge in [0.25, 0.3) is 5.91 Å². The number of nitrogens with zero attached hydrogens (tertiary/aromatic N) is 1. The molecule has 1 aromatic carbocycles. The molecular formula is C14H16ClNO4. The first kappa shape index (κ1) is 14.7. The van der Waals surface area contributed by atoms with Gasteiger partial charge in [-0.3, -0.25) is 4.79 Å². The Bertz CT molecular complexity index is 546. The van der Waals surface area contributed by atoms with Crippen molar-refractivity contribution < 1.29 is 19.8 Å². The largest absolute Gasteiger partial charge is 0.507 e. The van der Waals surface area contributed by atoms with Gasteiger partial charge < -0.3 is 15.1 Å². The van der Waals surface area contributed by atoms with E-state index >= 15 is 0 Å². The van der Waals surface area contributed by atoms with Crippen molar-refractivity contribution in [3.8, 4) is 5.75 Å². The smallest absolute Gasteiger partial charge is 0.326 e. The van der Waals surface area contributed by atoms with Crippen molar-refractivity contribution in [2.75, 3.05) is 6.54 Å². The molecule has 6 heteroatoms. The highest BCUT2D eigenvalue weighted by Gasteiger charge is 2.35. The van der Waals surface area contributed by atoms with Gasteiger partial charge in [0.1, 0.15) is 11.8 Å². The van der Waals surface area contributed by atoms with Crippen LogP contribution >= 0.6 is 11.6 Å². The van der Waals surface area contributed by atoms with Crippen molar-refractivity contribution in [1.82, 2.24) is 4.90 Å². The summed E-state index contributed by atoms with van der Waals surface area (Å²) in [6, 6.07) is 3.30. The number of hydrogen-bond donors (Lipinski definition) is 2. The molecule has 2 rings (SSSR count). The van der Waals surface area contributed by atoms with E-state index in [2.05, 4.69) is 0 Å². The highest BCUT2D eigenvalue weighted by Crippen LogP contribution is 2.28. The number of amides is 1. The standard InChI is InChI=1S/C14H16ClNO4/c1-8-4-5-16(11(6-8)14(19)20)13(18)10-7-9(15)2-3-12(10)17/h2-3,7-8,11,17H,4-6H2,1H3,(H,19,20). The van der Waals surface area contributed by atoms with Crippen LogP contribution in [0.5, 0.6) is 5.75 Å². The number of likely N-dealkylation sites (tertiary alicyclic amines) is 1. The van der Waals surface area contributed by atoms with Gasteiger partial charge in [0, 0.05) is 11.6 Å². The summed E-state index contributed by atoms with van der Waals surface area (Å²) < 4.78 is 0. The van der Waals surface area contributed by atoms with E-state index in [4.69, 9.17) is 11.6 Å². The summed E-state index contributed by atoms with van der Waals surface area (Å²) in [5.41, 5.74) is 0.0401. The highest BCUT2D eigenvalue weighted by atomic mass is 35.5. The van der Waals surface area contributed by atoms with Crippen molar-refractivity contribution in [1.29, 1.82) is 0 Å². The topological polar surface area (TPSA) is 77.8 Å². The van der Waals surface area contributed by atoms with Crippen LogP contribution in [0.3, 0.4) is 0 Å². The molecular weight excluding hydrogens is 282 g/mol. The van der Waals surface area contributed by atoms with Crippen LogP contribution < -0.4 is 0 Å². The highest BCUT2D eigenvalue weighted by molar-refractivity contribution is 6.31. The molecule has 1 saturated heterocycles. The lowest BCUT2D eigenvalue weighted by Crippen LogP contribution is -2.49. The number of phenolic OH excluding ortho intramolecular Hbond substituents is 1. The molecule has 5 nitrogen and oxygen atoms in total. The lowest BCUT2D eigenvalue weighted by Gasteiger charge is -2.36. The molecule has 0 radical (unpaired) electrons. The van der Waals surface area contributed by atoms with E-state index in [9.17, 15) is 19.8 Å². The molecule has 1 heterocycles. The van der Waals surface area contributed by atoms with Gasteiger partial charge in [-0.25, -0.2) is 4.79 Å². The number of hydrogen-bond acceptors (Lipinski definition) is 3. The number of halogens is 1. The average molecular weight is 298 g/mol. The molecule has 2 N–H and O–H groups in total. The maximum atomic E-state index is 12.4. The number of carboxylic acids is 1. The van der Waals surface area contributed by atoms with Gasteiger partial charge in [-0.05, 0) is 37.0 Å². The molecule has 1 aliphatic rings. The Morgan fingerprint density at radius 1 is 1.40 bits per heavy atom. The maximum Gasteiger partial charge on any atom is 0.326 e. The second-order valence-corrected chi connectivity index (χ2v) is 5.58. The Morgan fingerprint density at radius 3 is 2.75 bits per heavy atom. The average Bonchev–Trinajstić information content (AvgIpc) is 2.40. The fourth-order valence-electron chi connectivity index (χ4n) is 2.45.